The van der Waals surface area contributed by atoms with Crippen molar-refractivity contribution in [2.24, 2.45) is 0 Å². The predicted molar refractivity (Wildman–Crippen MR) is 128 cm³/mol. The van der Waals surface area contributed by atoms with Gasteiger partial charge in [0.1, 0.15) is 17.7 Å². The lowest BCUT2D eigenvalue weighted by Gasteiger charge is -2.22. The van der Waals surface area contributed by atoms with Crippen molar-refractivity contribution in [2.75, 3.05) is 5.32 Å². The maximum absolute atomic E-state index is 14.2. The van der Waals surface area contributed by atoms with Crippen molar-refractivity contribution in [3.05, 3.63) is 86.0 Å². The van der Waals surface area contributed by atoms with E-state index in [1.54, 1.807) is 24.3 Å². The minimum absolute atomic E-state index is 0.0432. The van der Waals surface area contributed by atoms with E-state index in [4.69, 9.17) is 34.8 Å². The zero-order valence-corrected chi connectivity index (χ0v) is 19.2. The van der Waals surface area contributed by atoms with Gasteiger partial charge in [0.15, 0.2) is 11.5 Å². The third kappa shape index (κ3) is 3.70. The first-order valence-electron chi connectivity index (χ1n) is 9.75. The molecule has 0 radical (unpaired) electrons. The van der Waals surface area contributed by atoms with Crippen LogP contribution in [0.25, 0.3) is 27.6 Å². The Balaban J connectivity index is 1.77. The van der Waals surface area contributed by atoms with Crippen LogP contribution in [0.2, 0.25) is 15.1 Å². The molecular formula is C22H14Cl3FN6O. The number of nitrogens with zero attached hydrogens (tertiary/aromatic N) is 4. The number of halogens is 4. The topological polar surface area (TPSA) is 88.5 Å². The largest absolute Gasteiger partial charge is 0.360 e. The van der Waals surface area contributed by atoms with Crippen LogP contribution in [0.5, 0.6) is 0 Å². The van der Waals surface area contributed by atoms with E-state index in [1.165, 1.54) is 29.4 Å². The average molecular weight is 504 g/mol. The fourth-order valence-electron chi connectivity index (χ4n) is 3.73. The highest BCUT2D eigenvalue weighted by Crippen LogP contribution is 2.32. The minimum Gasteiger partial charge on any atom is -0.360 e. The number of aromatic amines is 1. The molecule has 2 N–H and O–H groups in total. The second-order valence-electron chi connectivity index (χ2n) is 7.32. The van der Waals surface area contributed by atoms with Gasteiger partial charge >= 0.3 is 0 Å². The Hall–Kier alpha value is -3.20. The Kier molecular flexibility index (Phi) is 5.44. The molecule has 0 aliphatic carbocycles. The number of imidazole rings is 1. The molecule has 0 fully saturated rings. The van der Waals surface area contributed by atoms with E-state index in [-0.39, 0.29) is 10.4 Å². The number of hydrogen-bond donors (Lipinski definition) is 2. The smallest absolute Gasteiger partial charge is 0.264 e. The number of fused-ring (bicyclic) bond motifs is 2. The van der Waals surface area contributed by atoms with Gasteiger partial charge in [-0.15, -0.1) is 0 Å². The molecule has 0 aliphatic heterocycles. The maximum Gasteiger partial charge on any atom is 0.264 e. The van der Waals surface area contributed by atoms with Crippen LogP contribution in [0, 0.1) is 5.82 Å². The third-order valence-corrected chi connectivity index (χ3v) is 6.20. The van der Waals surface area contributed by atoms with Crippen molar-refractivity contribution in [1.82, 2.24) is 24.5 Å². The van der Waals surface area contributed by atoms with E-state index < -0.39 is 17.4 Å². The summed E-state index contributed by atoms with van der Waals surface area (Å²) in [5.41, 5.74) is 1.46. The molecule has 0 saturated carbocycles. The number of hydrogen-bond acceptors (Lipinski definition) is 5. The number of pyridine rings is 1. The fraction of sp³-hybridized carbons (Fsp3) is 0.0909. The van der Waals surface area contributed by atoms with Gasteiger partial charge in [0.2, 0.25) is 0 Å². The first-order chi connectivity index (χ1) is 15.8. The van der Waals surface area contributed by atoms with Crippen LogP contribution >= 0.6 is 34.8 Å². The maximum atomic E-state index is 14.2. The fourth-order valence-corrected chi connectivity index (χ4v) is 4.36. The van der Waals surface area contributed by atoms with Gasteiger partial charge in [0, 0.05) is 10.7 Å². The lowest BCUT2D eigenvalue weighted by atomic mass is 10.1. The second-order valence-corrected chi connectivity index (χ2v) is 8.54. The van der Waals surface area contributed by atoms with Crippen LogP contribution in [-0.4, -0.2) is 24.5 Å². The summed E-state index contributed by atoms with van der Waals surface area (Å²) in [6.07, 6.45) is 2.91. The number of aromatic nitrogens is 5. The zero-order valence-electron chi connectivity index (χ0n) is 16.9. The summed E-state index contributed by atoms with van der Waals surface area (Å²) in [6, 6.07) is 8.80. The minimum atomic E-state index is -0.688. The molecule has 0 aliphatic rings. The SMILES string of the molecule is C[C@H](Nc1ncnc2nc[nH]c12)c1cc2ccc(F)c(Cl)c2c(=O)n1-c1cc(Cl)ccc1Cl. The molecule has 11 heteroatoms. The molecular weight excluding hydrogens is 490 g/mol. The monoisotopic (exact) mass is 502 g/mol. The van der Waals surface area contributed by atoms with Crippen LogP contribution in [0.1, 0.15) is 18.7 Å². The summed E-state index contributed by atoms with van der Waals surface area (Å²) in [5.74, 6) is -0.190. The van der Waals surface area contributed by atoms with Gasteiger partial charge < -0.3 is 10.3 Å². The number of rotatable bonds is 4. The van der Waals surface area contributed by atoms with Gasteiger partial charge in [-0.3, -0.25) is 9.36 Å². The summed E-state index contributed by atoms with van der Waals surface area (Å²) >= 11 is 18.8. The van der Waals surface area contributed by atoms with Gasteiger partial charge in [-0.2, -0.15) is 0 Å². The Morgan fingerprint density at radius 3 is 2.73 bits per heavy atom. The second kappa shape index (κ2) is 8.30. The van der Waals surface area contributed by atoms with Crippen LogP contribution in [0.3, 0.4) is 0 Å². The van der Waals surface area contributed by atoms with Crippen molar-refractivity contribution >= 4 is 62.6 Å². The molecule has 0 amide bonds. The molecule has 0 unspecified atom stereocenters. The van der Waals surface area contributed by atoms with Gasteiger partial charge in [-0.05, 0) is 42.6 Å². The summed E-state index contributed by atoms with van der Waals surface area (Å²) in [6.45, 7) is 1.85. The molecule has 3 aromatic heterocycles. The van der Waals surface area contributed by atoms with E-state index in [0.717, 1.165) is 0 Å². The quantitative estimate of drug-likeness (QED) is 0.317. The molecule has 2 aromatic carbocycles. The Morgan fingerprint density at radius 2 is 1.91 bits per heavy atom. The summed E-state index contributed by atoms with van der Waals surface area (Å²) < 4.78 is 15.6. The van der Waals surface area contributed by atoms with E-state index in [1.807, 2.05) is 6.92 Å². The molecule has 0 saturated heterocycles. The Bertz CT molecular complexity index is 1600. The highest BCUT2D eigenvalue weighted by atomic mass is 35.5. The van der Waals surface area contributed by atoms with Gasteiger partial charge in [0.25, 0.3) is 5.56 Å². The van der Waals surface area contributed by atoms with Gasteiger partial charge in [-0.25, -0.2) is 19.3 Å². The van der Waals surface area contributed by atoms with Crippen molar-refractivity contribution < 1.29 is 4.39 Å². The predicted octanol–water partition coefficient (Wildman–Crippen LogP) is 5.93. The number of nitrogens with one attached hydrogen (secondary N) is 2. The van der Waals surface area contributed by atoms with Crippen molar-refractivity contribution in [3.63, 3.8) is 0 Å². The molecule has 33 heavy (non-hydrogen) atoms. The molecule has 0 spiro atoms. The normalized spacial score (nSPS) is 12.4. The van der Waals surface area contributed by atoms with Crippen LogP contribution in [0.15, 0.2) is 53.8 Å². The summed E-state index contributed by atoms with van der Waals surface area (Å²) in [5, 5.41) is 4.23. The standard InChI is InChI=1S/C22H14Cl3FN6O/c1-10(31-21-19-20(28-8-27-19)29-9-30-21)15-6-11-2-5-14(26)18(25)17(11)22(33)32(15)16-7-12(23)3-4-13(16)24/h2-10H,1H3,(H2,27,28,29,30,31)/t10-/m0/s1. The molecule has 0 bridgehead atoms. The lowest BCUT2D eigenvalue weighted by Crippen LogP contribution is -2.26. The molecule has 3 heterocycles. The summed E-state index contributed by atoms with van der Waals surface area (Å²) in [7, 11) is 0. The van der Waals surface area contributed by atoms with Crippen molar-refractivity contribution in [3.8, 4) is 5.69 Å². The highest BCUT2D eigenvalue weighted by Gasteiger charge is 2.21. The van der Waals surface area contributed by atoms with E-state index in [0.29, 0.717) is 43.8 Å². The molecule has 7 nitrogen and oxygen atoms in total. The molecule has 5 aromatic rings. The van der Waals surface area contributed by atoms with Crippen LogP contribution in [0.4, 0.5) is 10.2 Å². The first kappa shape index (κ1) is 21.6. The van der Waals surface area contributed by atoms with Gasteiger partial charge in [-0.1, -0.05) is 40.9 Å². The Morgan fingerprint density at radius 1 is 1.09 bits per heavy atom. The van der Waals surface area contributed by atoms with E-state index in [9.17, 15) is 9.18 Å². The Labute approximate surface area is 201 Å². The van der Waals surface area contributed by atoms with Crippen LogP contribution < -0.4 is 10.9 Å². The zero-order chi connectivity index (χ0) is 23.3. The summed E-state index contributed by atoms with van der Waals surface area (Å²) in [4.78, 5) is 29.2. The first-order valence-corrected chi connectivity index (χ1v) is 10.9. The lowest BCUT2D eigenvalue weighted by molar-refractivity contribution is 0.629. The molecule has 5 rings (SSSR count). The number of benzene rings is 2. The molecule has 166 valence electrons. The highest BCUT2D eigenvalue weighted by molar-refractivity contribution is 6.36. The van der Waals surface area contributed by atoms with Gasteiger partial charge in [0.05, 0.1) is 33.5 Å². The van der Waals surface area contributed by atoms with Crippen molar-refractivity contribution in [2.45, 2.75) is 13.0 Å². The number of anilines is 1. The van der Waals surface area contributed by atoms with E-state index in [2.05, 4.69) is 25.3 Å². The third-order valence-electron chi connectivity index (χ3n) is 5.27. The van der Waals surface area contributed by atoms with Crippen LogP contribution in [-0.2, 0) is 0 Å². The van der Waals surface area contributed by atoms with E-state index >= 15 is 0 Å². The van der Waals surface area contributed by atoms with Crippen molar-refractivity contribution in [1.29, 1.82) is 0 Å². The average Bonchev–Trinajstić information content (AvgIpc) is 3.28. The molecule has 1 atom stereocenters. The number of H-pyrrole nitrogens is 1.